The third kappa shape index (κ3) is 5.43. The molecule has 0 fully saturated rings. The van der Waals surface area contributed by atoms with Gasteiger partial charge in [0.1, 0.15) is 0 Å². The molecule has 4 aliphatic carbocycles. The third-order valence-electron chi connectivity index (χ3n) is 16.7. The normalized spacial score (nSPS) is 16.2. The Morgan fingerprint density at radius 1 is 0.254 bits per heavy atom. The average Bonchev–Trinajstić information content (AvgIpc) is 3.91. The monoisotopic (exact) mass is 861 g/mol. The lowest BCUT2D eigenvalue weighted by atomic mass is 9.79. The van der Waals surface area contributed by atoms with Crippen molar-refractivity contribution >= 4 is 17.1 Å². The van der Waals surface area contributed by atoms with Crippen molar-refractivity contribution in [3.8, 4) is 66.8 Å². The molecule has 9 aromatic carbocycles. The van der Waals surface area contributed by atoms with Crippen LogP contribution in [0.4, 0.5) is 17.1 Å². The number of anilines is 3. The van der Waals surface area contributed by atoms with Gasteiger partial charge in [0.25, 0.3) is 0 Å². The Bertz CT molecular complexity index is 3470. The Hall–Kier alpha value is -7.22. The van der Waals surface area contributed by atoms with Crippen LogP contribution in [-0.2, 0) is 21.7 Å². The molecule has 0 aromatic heterocycles. The van der Waals surface area contributed by atoms with E-state index in [1.54, 1.807) is 0 Å². The van der Waals surface area contributed by atoms with Crippen molar-refractivity contribution in [1.82, 2.24) is 0 Å². The number of rotatable bonds is 5. The molecule has 0 bridgehead atoms. The van der Waals surface area contributed by atoms with Gasteiger partial charge in [-0.25, -0.2) is 0 Å². The van der Waals surface area contributed by atoms with Crippen molar-refractivity contribution in [3.05, 3.63) is 233 Å². The van der Waals surface area contributed by atoms with E-state index in [1.807, 2.05) is 0 Å². The highest BCUT2D eigenvalue weighted by molar-refractivity contribution is 5.98. The van der Waals surface area contributed by atoms with Crippen molar-refractivity contribution in [2.75, 3.05) is 4.90 Å². The molecule has 1 heteroatoms. The van der Waals surface area contributed by atoms with Crippen LogP contribution in [0.3, 0.4) is 0 Å². The molecular formula is C66H55N. The van der Waals surface area contributed by atoms with Gasteiger partial charge in [-0.2, -0.15) is 0 Å². The van der Waals surface area contributed by atoms with Gasteiger partial charge >= 0.3 is 0 Å². The standard InChI is InChI=1S/C66H55N/c1-63(2)53-25-15-12-22-46(53)48-33-30-42(36-57(48)63)67(43-31-34-49-47-23-13-16-26-54(47)64(3,4)58(49)37-43)61-28-17-14-21-44(61)41-29-32-50-51-38-60-52(39-59(51)66(7,8)56(50)35-41)62-45(40-19-10-9-11-20-40)24-18-27-55(62)65(60,5)6/h9-39H,1-8H3. The maximum atomic E-state index is 2.56. The lowest BCUT2D eigenvalue weighted by Gasteiger charge is -2.31. The molecule has 0 saturated carbocycles. The van der Waals surface area contributed by atoms with Crippen molar-refractivity contribution < 1.29 is 0 Å². The fourth-order valence-corrected chi connectivity index (χ4v) is 13.0. The quantitative estimate of drug-likeness (QED) is 0.167. The molecule has 0 atom stereocenters. The molecule has 0 heterocycles. The summed E-state index contributed by atoms with van der Waals surface area (Å²) in [6.45, 7) is 19.2. The number of nitrogens with zero attached hydrogens (tertiary/aromatic N) is 1. The first-order chi connectivity index (χ1) is 32.3. The molecule has 67 heavy (non-hydrogen) atoms. The Balaban J connectivity index is 0.969. The fraction of sp³-hybridized carbons (Fsp3) is 0.182. The fourth-order valence-electron chi connectivity index (χ4n) is 13.0. The van der Waals surface area contributed by atoms with Crippen LogP contribution in [0.25, 0.3) is 66.8 Å². The summed E-state index contributed by atoms with van der Waals surface area (Å²) in [5.41, 5.74) is 29.9. The van der Waals surface area contributed by atoms with E-state index in [-0.39, 0.29) is 21.7 Å². The number of para-hydroxylation sites is 1. The molecular weight excluding hydrogens is 807 g/mol. The molecule has 9 aromatic rings. The van der Waals surface area contributed by atoms with E-state index in [0.717, 1.165) is 0 Å². The van der Waals surface area contributed by atoms with Crippen molar-refractivity contribution in [2.24, 2.45) is 0 Å². The van der Waals surface area contributed by atoms with Crippen LogP contribution >= 0.6 is 0 Å². The summed E-state index contributed by atoms with van der Waals surface area (Å²) in [5, 5.41) is 0. The second-order valence-corrected chi connectivity index (χ2v) is 21.7. The highest BCUT2D eigenvalue weighted by Gasteiger charge is 2.43. The van der Waals surface area contributed by atoms with Gasteiger partial charge in [-0.15, -0.1) is 0 Å². The Kier molecular flexibility index (Phi) is 8.18. The molecule has 1 nitrogen and oxygen atoms in total. The van der Waals surface area contributed by atoms with Crippen LogP contribution in [0.5, 0.6) is 0 Å². The van der Waals surface area contributed by atoms with Crippen molar-refractivity contribution in [1.29, 1.82) is 0 Å². The average molecular weight is 862 g/mol. The third-order valence-corrected chi connectivity index (χ3v) is 16.7. The minimum Gasteiger partial charge on any atom is -0.310 e. The van der Waals surface area contributed by atoms with Crippen LogP contribution in [0.1, 0.15) is 99.9 Å². The molecule has 4 aliphatic rings. The van der Waals surface area contributed by atoms with Gasteiger partial charge in [0.2, 0.25) is 0 Å². The molecule has 324 valence electrons. The van der Waals surface area contributed by atoms with Crippen LogP contribution in [0.15, 0.2) is 188 Å². The number of fused-ring (bicyclic) bond motifs is 12. The molecule has 0 spiro atoms. The summed E-state index contributed by atoms with van der Waals surface area (Å²) < 4.78 is 0. The topological polar surface area (TPSA) is 3.24 Å². The Morgan fingerprint density at radius 3 is 1.31 bits per heavy atom. The lowest BCUT2D eigenvalue weighted by Crippen LogP contribution is -2.18. The van der Waals surface area contributed by atoms with Gasteiger partial charge in [0, 0.05) is 38.6 Å². The zero-order valence-electron chi connectivity index (χ0n) is 39.8. The highest BCUT2D eigenvalue weighted by atomic mass is 15.1. The molecule has 0 unspecified atom stereocenters. The van der Waals surface area contributed by atoms with E-state index >= 15 is 0 Å². The molecule has 0 radical (unpaired) electrons. The molecule has 13 rings (SSSR count). The predicted molar refractivity (Wildman–Crippen MR) is 282 cm³/mol. The summed E-state index contributed by atoms with van der Waals surface area (Å²) >= 11 is 0. The highest BCUT2D eigenvalue weighted by Crippen LogP contribution is 2.59. The maximum absolute atomic E-state index is 2.56. The van der Waals surface area contributed by atoms with Crippen LogP contribution < -0.4 is 4.90 Å². The van der Waals surface area contributed by atoms with Gasteiger partial charge in [-0.1, -0.05) is 195 Å². The van der Waals surface area contributed by atoms with Gasteiger partial charge < -0.3 is 4.90 Å². The van der Waals surface area contributed by atoms with Gasteiger partial charge in [0.15, 0.2) is 0 Å². The predicted octanol–water partition coefficient (Wildman–Crippen LogP) is 17.7. The van der Waals surface area contributed by atoms with Gasteiger partial charge in [0.05, 0.1) is 5.69 Å². The minimum absolute atomic E-state index is 0.120. The summed E-state index contributed by atoms with van der Waals surface area (Å²) in [6, 6.07) is 71.7. The SMILES string of the molecule is CC1(C)c2ccccc2-c2ccc(N(c3ccc4c(c3)C(C)(C)c3ccccc3-4)c3ccccc3-c3ccc4c(c3)C(C)(C)c3cc5c(cc3-4)C(C)(C)c3cccc(-c4ccccc4)c3-5)cc21. The first-order valence-electron chi connectivity index (χ1n) is 24.2. The van der Waals surface area contributed by atoms with E-state index in [4.69, 9.17) is 0 Å². The molecule has 0 saturated heterocycles. The molecule has 0 aliphatic heterocycles. The molecule has 0 N–H and O–H groups in total. The number of hydrogen-bond acceptors (Lipinski definition) is 1. The maximum Gasteiger partial charge on any atom is 0.0540 e. The minimum atomic E-state index is -0.208. The van der Waals surface area contributed by atoms with Crippen molar-refractivity contribution in [3.63, 3.8) is 0 Å². The smallest absolute Gasteiger partial charge is 0.0540 e. The van der Waals surface area contributed by atoms with E-state index in [1.165, 1.54) is 128 Å². The second kappa shape index (κ2) is 13.7. The first-order valence-corrected chi connectivity index (χ1v) is 24.2. The summed E-state index contributed by atoms with van der Waals surface area (Å²) in [5.74, 6) is 0. The summed E-state index contributed by atoms with van der Waals surface area (Å²) in [4.78, 5) is 2.54. The number of benzene rings is 9. The zero-order valence-corrected chi connectivity index (χ0v) is 39.8. The van der Waals surface area contributed by atoms with E-state index in [0.29, 0.717) is 0 Å². The largest absolute Gasteiger partial charge is 0.310 e. The first kappa shape index (κ1) is 40.1. The van der Waals surface area contributed by atoms with Crippen LogP contribution in [-0.4, -0.2) is 0 Å². The Labute approximate surface area is 396 Å². The zero-order chi connectivity index (χ0) is 45.8. The summed E-state index contributed by atoms with van der Waals surface area (Å²) in [7, 11) is 0. The van der Waals surface area contributed by atoms with Crippen LogP contribution in [0.2, 0.25) is 0 Å². The van der Waals surface area contributed by atoms with Gasteiger partial charge in [-0.05, 0) is 154 Å². The van der Waals surface area contributed by atoms with Gasteiger partial charge in [-0.3, -0.25) is 0 Å². The Morgan fingerprint density at radius 2 is 0.672 bits per heavy atom. The van der Waals surface area contributed by atoms with E-state index in [9.17, 15) is 0 Å². The van der Waals surface area contributed by atoms with E-state index < -0.39 is 0 Å². The van der Waals surface area contributed by atoms with E-state index in [2.05, 4.69) is 248 Å². The second-order valence-electron chi connectivity index (χ2n) is 21.7. The van der Waals surface area contributed by atoms with Crippen LogP contribution in [0, 0.1) is 0 Å². The molecule has 0 amide bonds. The van der Waals surface area contributed by atoms with Crippen molar-refractivity contribution in [2.45, 2.75) is 77.0 Å². The lowest BCUT2D eigenvalue weighted by molar-refractivity contribution is 0.652. The summed E-state index contributed by atoms with van der Waals surface area (Å²) in [6.07, 6.45) is 0. The number of hydrogen-bond donors (Lipinski definition) is 0.